The molecule has 0 saturated heterocycles. The predicted molar refractivity (Wildman–Crippen MR) is 132 cm³/mol. The normalized spacial score (nSPS) is 12.7. The first-order valence-corrected chi connectivity index (χ1v) is 11.4. The first kappa shape index (κ1) is 28.2. The van der Waals surface area contributed by atoms with E-state index in [1.807, 2.05) is 0 Å². The number of carbonyl (C=O) groups excluding carboxylic acids is 3. The van der Waals surface area contributed by atoms with Crippen molar-refractivity contribution in [2.75, 3.05) is 19.0 Å². The summed E-state index contributed by atoms with van der Waals surface area (Å²) < 4.78 is 59.9. The summed E-state index contributed by atoms with van der Waals surface area (Å²) in [7, 11) is 2.70. The number of para-hydroxylation sites is 1. The molecule has 0 aromatic heterocycles. The average Bonchev–Trinajstić information content (AvgIpc) is 2.89. The maximum Gasteiger partial charge on any atom is 0.417 e. The first-order valence-electron chi connectivity index (χ1n) is 11.4. The molecule has 0 bridgehead atoms. The average molecular weight is 532 g/mol. The Hall–Kier alpha value is -4.41. The van der Waals surface area contributed by atoms with Crippen molar-refractivity contribution in [3.8, 4) is 0 Å². The maximum atomic E-state index is 13.6. The number of carbonyl (C=O) groups is 3. The summed E-state index contributed by atoms with van der Waals surface area (Å²) in [5.74, 6) is -3.33. The highest BCUT2D eigenvalue weighted by atomic mass is 19.4. The van der Waals surface area contributed by atoms with Gasteiger partial charge in [-0.15, -0.1) is 0 Å². The molecule has 7 nitrogen and oxygen atoms in total. The Kier molecular flexibility index (Phi) is 8.72. The van der Waals surface area contributed by atoms with Crippen LogP contribution >= 0.6 is 0 Å². The quantitative estimate of drug-likeness (QED) is 0.420. The molecule has 0 aliphatic rings. The maximum absolute atomic E-state index is 13.6. The van der Waals surface area contributed by atoms with Crippen molar-refractivity contribution < 1.29 is 36.7 Å². The highest BCUT2D eigenvalue weighted by Crippen LogP contribution is 2.33. The van der Waals surface area contributed by atoms with Gasteiger partial charge in [0.15, 0.2) is 6.10 Å². The van der Waals surface area contributed by atoms with E-state index in [0.717, 1.165) is 0 Å². The molecule has 0 aliphatic heterocycles. The number of hydrogen-bond acceptors (Lipinski definition) is 4. The molecule has 11 heteroatoms. The van der Waals surface area contributed by atoms with Crippen LogP contribution in [0.2, 0.25) is 0 Å². The van der Waals surface area contributed by atoms with E-state index in [2.05, 4.69) is 10.6 Å². The fourth-order valence-corrected chi connectivity index (χ4v) is 3.76. The van der Waals surface area contributed by atoms with Gasteiger partial charge in [-0.2, -0.15) is 13.2 Å². The molecule has 3 aromatic carbocycles. The van der Waals surface area contributed by atoms with Crippen molar-refractivity contribution >= 4 is 23.6 Å². The molecule has 0 heterocycles. The molecule has 2 N–H and O–H groups in total. The minimum atomic E-state index is -5.04. The van der Waals surface area contributed by atoms with E-state index in [0.29, 0.717) is 28.9 Å². The van der Waals surface area contributed by atoms with Crippen molar-refractivity contribution in [1.29, 1.82) is 0 Å². The second-order valence-electron chi connectivity index (χ2n) is 8.31. The number of alkyl halides is 3. The molecule has 0 aliphatic carbocycles. The molecule has 0 spiro atoms. The summed E-state index contributed by atoms with van der Waals surface area (Å²) in [4.78, 5) is 40.3. The number of benzene rings is 3. The third-order valence-corrected chi connectivity index (χ3v) is 5.79. The molecule has 200 valence electrons. The van der Waals surface area contributed by atoms with E-state index < -0.39 is 53.2 Å². The molecule has 0 saturated carbocycles. The van der Waals surface area contributed by atoms with Gasteiger partial charge in [0.25, 0.3) is 5.91 Å². The van der Waals surface area contributed by atoms with E-state index >= 15 is 0 Å². The fraction of sp³-hybridized carbons (Fsp3) is 0.222. The van der Waals surface area contributed by atoms with Crippen LogP contribution in [-0.2, 0) is 15.7 Å². The molecule has 3 rings (SSSR count). The molecule has 38 heavy (non-hydrogen) atoms. The van der Waals surface area contributed by atoms with Crippen LogP contribution in [0.1, 0.15) is 33.2 Å². The Labute approximate surface area is 216 Å². The van der Waals surface area contributed by atoms with Gasteiger partial charge in [0.05, 0.1) is 11.1 Å². The molecular formula is C27H25F4N3O4. The van der Waals surface area contributed by atoms with Gasteiger partial charge in [-0.05, 0) is 48.4 Å². The number of nitrogens with one attached hydrogen (secondary N) is 2. The van der Waals surface area contributed by atoms with Crippen LogP contribution in [0.3, 0.4) is 0 Å². The molecule has 0 fully saturated rings. The Morgan fingerprint density at radius 2 is 1.58 bits per heavy atom. The topological polar surface area (TPSA) is 87.7 Å². The van der Waals surface area contributed by atoms with Gasteiger partial charge >= 0.3 is 12.3 Å². The predicted octanol–water partition coefficient (Wildman–Crippen LogP) is 5.01. The van der Waals surface area contributed by atoms with Crippen LogP contribution in [-0.4, -0.2) is 38.0 Å². The molecule has 3 aromatic rings. The van der Waals surface area contributed by atoms with Crippen LogP contribution < -0.4 is 15.5 Å². The minimum absolute atomic E-state index is 0.192. The lowest BCUT2D eigenvalue weighted by Crippen LogP contribution is -2.51. The van der Waals surface area contributed by atoms with Crippen molar-refractivity contribution in [3.05, 3.63) is 101 Å². The second kappa shape index (κ2) is 11.8. The van der Waals surface area contributed by atoms with Crippen molar-refractivity contribution in [2.24, 2.45) is 0 Å². The zero-order chi connectivity index (χ0) is 28.0. The van der Waals surface area contributed by atoms with Crippen molar-refractivity contribution in [2.45, 2.75) is 25.2 Å². The Morgan fingerprint density at radius 1 is 0.947 bits per heavy atom. The third-order valence-electron chi connectivity index (χ3n) is 5.79. The summed E-state index contributed by atoms with van der Waals surface area (Å²) >= 11 is 0. The van der Waals surface area contributed by atoms with Crippen molar-refractivity contribution in [3.63, 3.8) is 0 Å². The highest BCUT2D eigenvalue weighted by Gasteiger charge is 2.39. The Balaban J connectivity index is 2.04. The molecule has 0 unspecified atom stereocenters. The Morgan fingerprint density at radius 3 is 2.18 bits per heavy atom. The lowest BCUT2D eigenvalue weighted by atomic mass is 9.96. The van der Waals surface area contributed by atoms with E-state index in [1.165, 1.54) is 19.0 Å². The van der Waals surface area contributed by atoms with E-state index in [9.17, 15) is 31.9 Å². The number of nitrogens with zero attached hydrogens (tertiary/aromatic N) is 1. The lowest BCUT2D eigenvalue weighted by Gasteiger charge is -2.30. The fourth-order valence-electron chi connectivity index (χ4n) is 3.76. The summed E-state index contributed by atoms with van der Waals surface area (Å²) in [6, 6.07) is 14.9. The van der Waals surface area contributed by atoms with E-state index in [4.69, 9.17) is 4.74 Å². The highest BCUT2D eigenvalue weighted by molar-refractivity contribution is 5.99. The zero-order valence-corrected chi connectivity index (χ0v) is 20.7. The minimum Gasteiger partial charge on any atom is -0.438 e. The number of hydrogen-bond donors (Lipinski definition) is 2. The van der Waals surface area contributed by atoms with Gasteiger partial charge in [0.1, 0.15) is 11.9 Å². The zero-order valence-electron chi connectivity index (χ0n) is 20.7. The smallest absolute Gasteiger partial charge is 0.417 e. The van der Waals surface area contributed by atoms with Crippen LogP contribution in [0, 0.1) is 12.7 Å². The molecule has 3 amide bonds. The number of ether oxygens (including phenoxy) is 1. The van der Waals surface area contributed by atoms with E-state index in [1.54, 1.807) is 61.5 Å². The van der Waals surface area contributed by atoms with Gasteiger partial charge < -0.3 is 15.4 Å². The third kappa shape index (κ3) is 6.47. The number of rotatable bonds is 7. The SMILES string of the molecule is CNC(=O)[C@@H](NC(=O)c1ccc(F)cc1C(F)(F)F)[C@H](OC(=O)N(C)c1ccccc1)c1ccccc1C. The van der Waals surface area contributed by atoms with Crippen LogP contribution in [0.25, 0.3) is 0 Å². The molecule has 0 radical (unpaired) electrons. The number of amides is 3. The van der Waals surface area contributed by atoms with Gasteiger partial charge in [-0.1, -0.05) is 42.5 Å². The first-order chi connectivity index (χ1) is 17.9. The van der Waals surface area contributed by atoms with Gasteiger partial charge in [0.2, 0.25) is 5.91 Å². The second-order valence-corrected chi connectivity index (χ2v) is 8.31. The number of likely N-dealkylation sites (N-methyl/N-ethyl adjacent to an activating group) is 1. The van der Waals surface area contributed by atoms with Crippen molar-refractivity contribution in [1.82, 2.24) is 10.6 Å². The summed E-state index contributed by atoms with van der Waals surface area (Å²) in [5.41, 5.74) is -1.01. The van der Waals surface area contributed by atoms with Crippen LogP contribution in [0.4, 0.5) is 28.0 Å². The molecular weight excluding hydrogens is 506 g/mol. The Bertz CT molecular complexity index is 1320. The van der Waals surface area contributed by atoms with E-state index in [-0.39, 0.29) is 6.07 Å². The van der Waals surface area contributed by atoms with Gasteiger partial charge in [0, 0.05) is 19.8 Å². The summed E-state index contributed by atoms with van der Waals surface area (Å²) in [6.45, 7) is 1.68. The largest absolute Gasteiger partial charge is 0.438 e. The van der Waals surface area contributed by atoms with Gasteiger partial charge in [-0.25, -0.2) is 9.18 Å². The standard InChI is InChI=1S/C27H25F4N3O4/c1-16-9-7-8-12-19(16)23(38-26(37)34(3)18-10-5-4-6-11-18)22(25(36)32-2)33-24(35)20-14-13-17(28)15-21(20)27(29,30)31/h4-15,22-23H,1-3H3,(H,32,36)(H,33,35)/t22-,23+/m0/s1. The van der Waals surface area contributed by atoms with Crippen LogP contribution in [0.5, 0.6) is 0 Å². The lowest BCUT2D eigenvalue weighted by molar-refractivity contribution is -0.138. The number of anilines is 1. The van der Waals surface area contributed by atoms with Crippen LogP contribution in [0.15, 0.2) is 72.8 Å². The number of aryl methyl sites for hydroxylation is 1. The summed E-state index contributed by atoms with van der Waals surface area (Å²) in [6.07, 6.45) is -7.36. The summed E-state index contributed by atoms with van der Waals surface area (Å²) in [5, 5.41) is 4.60. The molecule has 2 atom stereocenters. The van der Waals surface area contributed by atoms with Gasteiger partial charge in [-0.3, -0.25) is 14.5 Å². The number of halogens is 4. The monoisotopic (exact) mass is 531 g/mol.